The summed E-state index contributed by atoms with van der Waals surface area (Å²) in [5.41, 5.74) is 0.557. The molecule has 0 aromatic carbocycles. The van der Waals surface area contributed by atoms with Crippen LogP contribution in [0.1, 0.15) is 26.2 Å². The summed E-state index contributed by atoms with van der Waals surface area (Å²) in [6.07, 6.45) is 3.76. The molecule has 1 nitrogen and oxygen atoms in total. The summed E-state index contributed by atoms with van der Waals surface area (Å²) in [5.74, 6) is 0. The summed E-state index contributed by atoms with van der Waals surface area (Å²) in [5, 5.41) is 1.13. The predicted octanol–water partition coefficient (Wildman–Crippen LogP) is 2.59. The second kappa shape index (κ2) is 3.72. The number of ether oxygens (including phenoxy) is 1. The monoisotopic (exact) mass is 206 g/mol. The lowest BCUT2D eigenvalue weighted by molar-refractivity contribution is 0.0228. The summed E-state index contributed by atoms with van der Waals surface area (Å²) in [6.45, 7) is 4.28. The third-order valence-corrected chi connectivity index (χ3v) is 2.79. The number of hydrogen-bond donors (Lipinski definition) is 0. The van der Waals surface area contributed by atoms with Gasteiger partial charge in [0.25, 0.3) is 0 Å². The topological polar surface area (TPSA) is 9.23 Å². The fourth-order valence-electron chi connectivity index (χ4n) is 1.34. The van der Waals surface area contributed by atoms with Gasteiger partial charge in [0, 0.05) is 18.5 Å². The maximum absolute atomic E-state index is 5.30. The molecule has 0 saturated carbocycles. The maximum Gasteiger partial charge on any atom is 0.0471 e. The largest absolute Gasteiger partial charge is 0.381 e. The Morgan fingerprint density at radius 1 is 1.40 bits per heavy atom. The van der Waals surface area contributed by atoms with Gasteiger partial charge in [-0.25, -0.2) is 0 Å². The summed E-state index contributed by atoms with van der Waals surface area (Å²) in [7, 11) is 0. The zero-order valence-electron chi connectivity index (χ0n) is 6.53. The van der Waals surface area contributed by atoms with Crippen molar-refractivity contribution < 1.29 is 4.74 Å². The maximum atomic E-state index is 5.30. The second-order valence-electron chi connectivity index (χ2n) is 3.36. The number of rotatable bonds is 2. The first kappa shape index (κ1) is 8.54. The van der Waals surface area contributed by atoms with Crippen LogP contribution >= 0.6 is 15.9 Å². The van der Waals surface area contributed by atoms with Crippen molar-refractivity contribution in [2.45, 2.75) is 26.2 Å². The van der Waals surface area contributed by atoms with Crippen LogP contribution in [-0.2, 0) is 4.74 Å². The molecule has 10 heavy (non-hydrogen) atoms. The van der Waals surface area contributed by atoms with Crippen molar-refractivity contribution in [1.82, 2.24) is 0 Å². The molecule has 0 aliphatic carbocycles. The van der Waals surface area contributed by atoms with E-state index in [0.29, 0.717) is 5.41 Å². The van der Waals surface area contributed by atoms with Crippen LogP contribution in [0.4, 0.5) is 0 Å². The SMILES string of the molecule is CC1(CCBr)CCOCC1. The highest BCUT2D eigenvalue weighted by molar-refractivity contribution is 9.09. The lowest BCUT2D eigenvalue weighted by Gasteiger charge is -2.32. The molecule has 0 N–H and O–H groups in total. The standard InChI is InChI=1S/C8H15BrO/c1-8(2-5-9)3-6-10-7-4-8/h2-7H2,1H3. The normalized spacial score (nSPS) is 24.6. The van der Waals surface area contributed by atoms with Crippen LogP contribution < -0.4 is 0 Å². The molecule has 2 heteroatoms. The molecular formula is C8H15BrO. The third-order valence-electron chi connectivity index (χ3n) is 2.40. The molecule has 1 saturated heterocycles. The molecule has 1 aliphatic heterocycles. The van der Waals surface area contributed by atoms with Crippen molar-refractivity contribution in [3.63, 3.8) is 0 Å². The molecule has 0 bridgehead atoms. The molecule has 1 heterocycles. The average molecular weight is 207 g/mol. The van der Waals surface area contributed by atoms with E-state index in [1.54, 1.807) is 0 Å². The molecule has 0 aromatic heterocycles. The Morgan fingerprint density at radius 3 is 2.50 bits per heavy atom. The van der Waals surface area contributed by atoms with Gasteiger partial charge in [0.2, 0.25) is 0 Å². The summed E-state index contributed by atoms with van der Waals surface area (Å²) in [6, 6.07) is 0. The van der Waals surface area contributed by atoms with Crippen molar-refractivity contribution in [3.8, 4) is 0 Å². The molecule has 0 amide bonds. The first-order valence-electron chi connectivity index (χ1n) is 3.91. The first-order chi connectivity index (χ1) is 4.77. The molecule has 60 valence electrons. The van der Waals surface area contributed by atoms with Crippen molar-refractivity contribution in [2.75, 3.05) is 18.5 Å². The first-order valence-corrected chi connectivity index (χ1v) is 5.03. The van der Waals surface area contributed by atoms with Crippen LogP contribution in [0.3, 0.4) is 0 Å². The van der Waals surface area contributed by atoms with E-state index in [2.05, 4.69) is 22.9 Å². The van der Waals surface area contributed by atoms with E-state index >= 15 is 0 Å². The number of hydrogen-bond acceptors (Lipinski definition) is 1. The van der Waals surface area contributed by atoms with Gasteiger partial charge in [0.05, 0.1) is 0 Å². The van der Waals surface area contributed by atoms with Crippen LogP contribution in [0.2, 0.25) is 0 Å². The van der Waals surface area contributed by atoms with Crippen LogP contribution in [0, 0.1) is 5.41 Å². The Balaban J connectivity index is 2.32. The van der Waals surface area contributed by atoms with Crippen molar-refractivity contribution in [2.24, 2.45) is 5.41 Å². The highest BCUT2D eigenvalue weighted by atomic mass is 79.9. The molecule has 1 rings (SSSR count). The van der Waals surface area contributed by atoms with E-state index < -0.39 is 0 Å². The fraction of sp³-hybridized carbons (Fsp3) is 1.00. The van der Waals surface area contributed by atoms with Crippen molar-refractivity contribution in [1.29, 1.82) is 0 Å². The minimum Gasteiger partial charge on any atom is -0.381 e. The van der Waals surface area contributed by atoms with E-state index in [0.717, 1.165) is 18.5 Å². The van der Waals surface area contributed by atoms with Crippen LogP contribution in [0.15, 0.2) is 0 Å². The van der Waals surface area contributed by atoms with Gasteiger partial charge in [-0.1, -0.05) is 22.9 Å². The molecule has 0 spiro atoms. The molecule has 0 aromatic rings. The van der Waals surface area contributed by atoms with E-state index in [-0.39, 0.29) is 0 Å². The van der Waals surface area contributed by atoms with Gasteiger partial charge in [-0.2, -0.15) is 0 Å². The van der Waals surface area contributed by atoms with Crippen LogP contribution in [0.25, 0.3) is 0 Å². The quantitative estimate of drug-likeness (QED) is 0.632. The Bertz CT molecular complexity index is 91.9. The van der Waals surface area contributed by atoms with E-state index in [4.69, 9.17) is 4.74 Å². The highest BCUT2D eigenvalue weighted by Crippen LogP contribution is 2.33. The van der Waals surface area contributed by atoms with Gasteiger partial charge >= 0.3 is 0 Å². The summed E-state index contributed by atoms with van der Waals surface area (Å²) < 4.78 is 5.30. The minimum absolute atomic E-state index is 0.557. The molecule has 0 unspecified atom stereocenters. The molecule has 0 radical (unpaired) electrons. The van der Waals surface area contributed by atoms with E-state index in [1.807, 2.05) is 0 Å². The molecule has 1 fully saturated rings. The van der Waals surface area contributed by atoms with Crippen molar-refractivity contribution >= 4 is 15.9 Å². The van der Waals surface area contributed by atoms with E-state index in [1.165, 1.54) is 19.3 Å². The van der Waals surface area contributed by atoms with Crippen LogP contribution in [0.5, 0.6) is 0 Å². The number of halogens is 1. The Morgan fingerprint density at radius 2 is 2.00 bits per heavy atom. The average Bonchev–Trinajstić information content (AvgIpc) is 1.89. The molecule has 1 aliphatic rings. The Kier molecular flexibility index (Phi) is 3.18. The number of alkyl halides is 1. The summed E-state index contributed by atoms with van der Waals surface area (Å²) >= 11 is 3.48. The summed E-state index contributed by atoms with van der Waals surface area (Å²) in [4.78, 5) is 0. The zero-order chi connectivity index (χ0) is 7.45. The van der Waals surface area contributed by atoms with Gasteiger partial charge in [-0.3, -0.25) is 0 Å². The molecular weight excluding hydrogens is 192 g/mol. The third kappa shape index (κ3) is 2.24. The fourth-order valence-corrected chi connectivity index (χ4v) is 2.30. The minimum atomic E-state index is 0.557. The zero-order valence-corrected chi connectivity index (χ0v) is 8.11. The van der Waals surface area contributed by atoms with Crippen molar-refractivity contribution in [3.05, 3.63) is 0 Å². The Labute approximate surface area is 71.3 Å². The van der Waals surface area contributed by atoms with Gasteiger partial charge in [-0.05, 0) is 24.7 Å². The van der Waals surface area contributed by atoms with E-state index in [9.17, 15) is 0 Å². The van der Waals surface area contributed by atoms with Gasteiger partial charge in [-0.15, -0.1) is 0 Å². The van der Waals surface area contributed by atoms with Gasteiger partial charge in [0.15, 0.2) is 0 Å². The predicted molar refractivity (Wildman–Crippen MR) is 46.6 cm³/mol. The van der Waals surface area contributed by atoms with Gasteiger partial charge in [0.1, 0.15) is 0 Å². The smallest absolute Gasteiger partial charge is 0.0471 e. The highest BCUT2D eigenvalue weighted by Gasteiger charge is 2.25. The molecule has 0 atom stereocenters. The Hall–Kier alpha value is 0.440. The lowest BCUT2D eigenvalue weighted by atomic mass is 9.80. The second-order valence-corrected chi connectivity index (χ2v) is 4.16. The van der Waals surface area contributed by atoms with Gasteiger partial charge < -0.3 is 4.74 Å². The lowest BCUT2D eigenvalue weighted by Crippen LogP contribution is -2.26. The van der Waals surface area contributed by atoms with Crippen LogP contribution in [-0.4, -0.2) is 18.5 Å².